The van der Waals surface area contributed by atoms with Crippen molar-refractivity contribution in [3.05, 3.63) is 0 Å². The molecule has 2 nitrogen and oxygen atoms in total. The number of alkyl halides is 1. The van der Waals surface area contributed by atoms with Gasteiger partial charge in [-0.1, -0.05) is 15.9 Å². The van der Waals surface area contributed by atoms with Gasteiger partial charge in [-0.15, -0.1) is 0 Å². The van der Waals surface area contributed by atoms with Crippen molar-refractivity contribution in [2.45, 2.75) is 51.4 Å². The van der Waals surface area contributed by atoms with Crippen LogP contribution >= 0.6 is 15.9 Å². The Hall–Kier alpha value is -0.0500. The third-order valence-electron chi connectivity index (χ3n) is 5.22. The second-order valence-electron chi connectivity index (χ2n) is 6.87. The van der Waals surface area contributed by atoms with Crippen molar-refractivity contribution in [2.24, 2.45) is 23.2 Å². The van der Waals surface area contributed by atoms with E-state index in [9.17, 15) is 4.79 Å². The molecule has 0 aromatic rings. The predicted octanol–water partition coefficient (Wildman–Crippen LogP) is 3.92. The summed E-state index contributed by atoms with van der Waals surface area (Å²) in [5.74, 6) is 2.83. The van der Waals surface area contributed by atoms with E-state index >= 15 is 0 Å². The Bertz CT molecular complexity index is 291. The molecule has 18 heavy (non-hydrogen) atoms. The third-order valence-corrected chi connectivity index (χ3v) is 5.78. The zero-order chi connectivity index (χ0) is 12.6. The Balaban J connectivity index is 1.54. The van der Waals surface area contributed by atoms with Gasteiger partial charge >= 0.3 is 5.97 Å². The van der Waals surface area contributed by atoms with Gasteiger partial charge in [0.15, 0.2) is 0 Å². The number of rotatable bonds is 5. The maximum Gasteiger partial charge on any atom is 0.305 e. The summed E-state index contributed by atoms with van der Waals surface area (Å²) in [7, 11) is 0. The van der Waals surface area contributed by atoms with Gasteiger partial charge in [0.1, 0.15) is 0 Å². The molecule has 0 spiro atoms. The Morgan fingerprint density at radius 3 is 2.17 bits per heavy atom. The second kappa shape index (κ2) is 5.15. The van der Waals surface area contributed by atoms with Gasteiger partial charge in [-0.3, -0.25) is 4.79 Å². The first-order chi connectivity index (χ1) is 8.69. The van der Waals surface area contributed by atoms with Crippen LogP contribution in [0.1, 0.15) is 51.4 Å². The predicted molar refractivity (Wildman–Crippen MR) is 74.6 cm³/mol. The highest BCUT2D eigenvalue weighted by molar-refractivity contribution is 9.09. The lowest BCUT2D eigenvalue weighted by Gasteiger charge is -2.56. The fourth-order valence-corrected chi connectivity index (χ4v) is 5.26. The molecule has 0 N–H and O–H groups in total. The van der Waals surface area contributed by atoms with Crippen molar-refractivity contribution in [1.82, 2.24) is 0 Å². The van der Waals surface area contributed by atoms with Gasteiger partial charge in [-0.25, -0.2) is 0 Å². The molecule has 0 saturated heterocycles. The highest BCUT2D eigenvalue weighted by Gasteiger charge is 2.51. The van der Waals surface area contributed by atoms with Crippen LogP contribution in [-0.2, 0) is 9.53 Å². The Morgan fingerprint density at radius 1 is 1.11 bits per heavy atom. The van der Waals surface area contributed by atoms with Gasteiger partial charge in [0, 0.05) is 17.2 Å². The van der Waals surface area contributed by atoms with Crippen molar-refractivity contribution in [3.63, 3.8) is 0 Å². The van der Waals surface area contributed by atoms with E-state index in [0.717, 1.165) is 29.5 Å². The van der Waals surface area contributed by atoms with E-state index in [1.165, 1.54) is 38.5 Å². The van der Waals surface area contributed by atoms with Crippen LogP contribution in [0.2, 0.25) is 0 Å². The molecule has 4 fully saturated rings. The van der Waals surface area contributed by atoms with Crippen LogP contribution in [0.5, 0.6) is 0 Å². The van der Waals surface area contributed by atoms with Crippen molar-refractivity contribution in [3.8, 4) is 0 Å². The van der Waals surface area contributed by atoms with Crippen molar-refractivity contribution < 1.29 is 9.53 Å². The van der Waals surface area contributed by atoms with E-state index in [1.54, 1.807) is 0 Å². The van der Waals surface area contributed by atoms with Crippen molar-refractivity contribution in [1.29, 1.82) is 0 Å². The lowest BCUT2D eigenvalue weighted by Crippen LogP contribution is -2.48. The first kappa shape index (κ1) is 13.0. The summed E-state index contributed by atoms with van der Waals surface area (Å²) in [4.78, 5) is 11.7. The number of carbonyl (C=O) groups is 1. The standard InChI is InChI=1S/C15H23BrO2/c16-3-1-2-14(17)18-10-15-7-11-4-12(8-15)6-13(5-11)9-15/h11-13H,1-10H2. The monoisotopic (exact) mass is 314 g/mol. The molecule has 4 rings (SSSR count). The molecular weight excluding hydrogens is 292 g/mol. The Kier molecular flexibility index (Phi) is 3.70. The first-order valence-electron chi connectivity index (χ1n) is 7.41. The average Bonchev–Trinajstić information content (AvgIpc) is 2.32. The van der Waals surface area contributed by atoms with E-state index < -0.39 is 0 Å². The Labute approximate surface area is 118 Å². The normalized spacial score (nSPS) is 41.1. The number of esters is 1. The van der Waals surface area contributed by atoms with Gasteiger partial charge in [0.25, 0.3) is 0 Å². The van der Waals surface area contributed by atoms with Crippen LogP contribution < -0.4 is 0 Å². The summed E-state index contributed by atoms with van der Waals surface area (Å²) < 4.78 is 5.57. The molecule has 102 valence electrons. The van der Waals surface area contributed by atoms with Crippen LogP contribution in [-0.4, -0.2) is 17.9 Å². The summed E-state index contributed by atoms with van der Waals surface area (Å²) in [6, 6.07) is 0. The first-order valence-corrected chi connectivity index (χ1v) is 8.53. The lowest BCUT2D eigenvalue weighted by molar-refractivity contribution is -0.155. The SMILES string of the molecule is O=C(CCCBr)OCC12CC3CC(CC(C3)C1)C2. The Morgan fingerprint density at radius 2 is 1.67 bits per heavy atom. The van der Waals surface area contributed by atoms with Crippen LogP contribution in [0.3, 0.4) is 0 Å². The molecular formula is C15H23BrO2. The molecule has 0 unspecified atom stereocenters. The smallest absolute Gasteiger partial charge is 0.305 e. The van der Waals surface area contributed by atoms with Gasteiger partial charge in [0.2, 0.25) is 0 Å². The minimum atomic E-state index is 0.00481. The van der Waals surface area contributed by atoms with Gasteiger partial charge in [-0.05, 0) is 62.7 Å². The maximum atomic E-state index is 11.7. The molecule has 0 atom stereocenters. The number of hydrogen-bond acceptors (Lipinski definition) is 2. The largest absolute Gasteiger partial charge is 0.465 e. The van der Waals surface area contributed by atoms with Gasteiger partial charge in [-0.2, -0.15) is 0 Å². The number of hydrogen-bond donors (Lipinski definition) is 0. The number of ether oxygens (including phenoxy) is 1. The van der Waals surface area contributed by atoms with E-state index in [4.69, 9.17) is 4.74 Å². The molecule has 0 radical (unpaired) electrons. The fourth-order valence-electron chi connectivity index (χ4n) is 4.98. The molecule has 0 aromatic carbocycles. The quantitative estimate of drug-likeness (QED) is 0.568. The molecule has 4 bridgehead atoms. The summed E-state index contributed by atoms with van der Waals surface area (Å²) >= 11 is 3.35. The van der Waals surface area contributed by atoms with Crippen molar-refractivity contribution in [2.75, 3.05) is 11.9 Å². The lowest BCUT2D eigenvalue weighted by atomic mass is 9.50. The van der Waals surface area contributed by atoms with Crippen LogP contribution in [0.25, 0.3) is 0 Å². The fraction of sp³-hybridized carbons (Fsp3) is 0.933. The average molecular weight is 315 g/mol. The minimum absolute atomic E-state index is 0.00481. The molecule has 0 aliphatic heterocycles. The molecule has 3 heteroatoms. The molecule has 4 saturated carbocycles. The summed E-state index contributed by atoms with van der Waals surface area (Å²) in [6.45, 7) is 0.706. The van der Waals surface area contributed by atoms with E-state index in [2.05, 4.69) is 15.9 Å². The van der Waals surface area contributed by atoms with Gasteiger partial charge < -0.3 is 4.74 Å². The highest BCUT2D eigenvalue weighted by atomic mass is 79.9. The third kappa shape index (κ3) is 2.61. The van der Waals surface area contributed by atoms with Crippen LogP contribution in [0, 0.1) is 23.2 Å². The van der Waals surface area contributed by atoms with Crippen LogP contribution in [0.15, 0.2) is 0 Å². The molecule has 0 aromatic heterocycles. The highest BCUT2D eigenvalue weighted by Crippen LogP contribution is 2.60. The van der Waals surface area contributed by atoms with Gasteiger partial charge in [0.05, 0.1) is 6.61 Å². The number of halogens is 1. The molecule has 4 aliphatic rings. The maximum absolute atomic E-state index is 11.7. The summed E-state index contributed by atoms with van der Waals surface area (Å²) in [5.41, 5.74) is 0.374. The van der Waals surface area contributed by atoms with Crippen molar-refractivity contribution >= 4 is 21.9 Å². The molecule has 0 heterocycles. The molecule has 4 aliphatic carbocycles. The van der Waals surface area contributed by atoms with Crippen LogP contribution in [0.4, 0.5) is 0 Å². The van der Waals surface area contributed by atoms with E-state index in [0.29, 0.717) is 18.4 Å². The second-order valence-corrected chi connectivity index (χ2v) is 7.66. The van der Waals surface area contributed by atoms with E-state index in [1.807, 2.05) is 0 Å². The zero-order valence-electron chi connectivity index (χ0n) is 11.0. The summed E-state index contributed by atoms with van der Waals surface area (Å²) in [6.07, 6.45) is 9.79. The zero-order valence-corrected chi connectivity index (χ0v) is 12.6. The number of carbonyl (C=O) groups excluding carboxylic acids is 1. The topological polar surface area (TPSA) is 26.3 Å². The summed E-state index contributed by atoms with van der Waals surface area (Å²) in [5, 5.41) is 0.888. The van der Waals surface area contributed by atoms with E-state index in [-0.39, 0.29) is 5.97 Å². The minimum Gasteiger partial charge on any atom is -0.465 e. The molecule has 0 amide bonds.